The van der Waals surface area contributed by atoms with Gasteiger partial charge >= 0.3 is 0 Å². The smallest absolute Gasteiger partial charge is 0.257 e. The zero-order valence-electron chi connectivity index (χ0n) is 17.1. The number of amides is 1. The van der Waals surface area contributed by atoms with Crippen LogP contribution in [0, 0.1) is 17.8 Å². The summed E-state index contributed by atoms with van der Waals surface area (Å²) in [5.74, 6) is 3.08. The molecule has 4 fully saturated rings. The number of carbonyl (C=O) groups is 1. The SMILES string of the molecule is O=C(NC(=S)NC12CC3CC(CC(C3)C1)C2)c1ccc(OCc2ccccc2)cc1. The van der Waals surface area contributed by atoms with Crippen LogP contribution in [0.4, 0.5) is 0 Å². The minimum Gasteiger partial charge on any atom is -0.489 e. The monoisotopic (exact) mass is 420 g/mol. The number of carbonyl (C=O) groups excluding carboxylic acids is 1. The molecular formula is C25H28N2O2S. The molecule has 30 heavy (non-hydrogen) atoms. The van der Waals surface area contributed by atoms with Gasteiger partial charge < -0.3 is 10.1 Å². The molecule has 4 nitrogen and oxygen atoms in total. The lowest BCUT2D eigenvalue weighted by Crippen LogP contribution is -2.61. The van der Waals surface area contributed by atoms with E-state index in [1.165, 1.54) is 38.5 Å². The molecule has 1 amide bonds. The van der Waals surface area contributed by atoms with Gasteiger partial charge in [0.2, 0.25) is 0 Å². The molecule has 4 bridgehead atoms. The minimum absolute atomic E-state index is 0.105. The maximum Gasteiger partial charge on any atom is 0.257 e. The van der Waals surface area contributed by atoms with Crippen LogP contribution in [-0.4, -0.2) is 16.6 Å². The van der Waals surface area contributed by atoms with Crippen LogP contribution in [0.1, 0.15) is 54.4 Å². The molecule has 0 atom stereocenters. The summed E-state index contributed by atoms with van der Waals surface area (Å²) in [5.41, 5.74) is 1.80. The first-order chi connectivity index (χ1) is 14.6. The average Bonchev–Trinajstić information content (AvgIpc) is 2.72. The van der Waals surface area contributed by atoms with Gasteiger partial charge in [-0.3, -0.25) is 10.1 Å². The van der Waals surface area contributed by atoms with Gasteiger partial charge in [0.25, 0.3) is 5.91 Å². The minimum atomic E-state index is -0.174. The molecule has 0 aromatic heterocycles. The molecular weight excluding hydrogens is 392 g/mol. The molecule has 4 aliphatic rings. The second-order valence-electron chi connectivity index (χ2n) is 9.40. The summed E-state index contributed by atoms with van der Waals surface area (Å²) < 4.78 is 5.80. The summed E-state index contributed by atoms with van der Waals surface area (Å²) in [7, 11) is 0. The van der Waals surface area contributed by atoms with Crippen LogP contribution >= 0.6 is 12.2 Å². The van der Waals surface area contributed by atoms with Gasteiger partial charge in [-0.2, -0.15) is 0 Å². The van der Waals surface area contributed by atoms with Crippen molar-refractivity contribution in [2.24, 2.45) is 17.8 Å². The fourth-order valence-electron chi connectivity index (χ4n) is 6.15. The number of ether oxygens (including phenoxy) is 1. The van der Waals surface area contributed by atoms with Gasteiger partial charge in [-0.05, 0) is 98.3 Å². The highest BCUT2D eigenvalue weighted by atomic mass is 32.1. The highest BCUT2D eigenvalue weighted by Gasteiger charge is 2.51. The van der Waals surface area contributed by atoms with E-state index in [1.54, 1.807) is 12.1 Å². The van der Waals surface area contributed by atoms with E-state index in [9.17, 15) is 4.79 Å². The van der Waals surface area contributed by atoms with Crippen molar-refractivity contribution >= 4 is 23.2 Å². The summed E-state index contributed by atoms with van der Waals surface area (Å²) in [6.07, 6.45) is 7.75. The van der Waals surface area contributed by atoms with E-state index in [2.05, 4.69) is 10.6 Å². The van der Waals surface area contributed by atoms with Crippen molar-refractivity contribution in [2.75, 3.05) is 0 Å². The van der Waals surface area contributed by atoms with E-state index in [1.807, 2.05) is 42.5 Å². The van der Waals surface area contributed by atoms with Crippen LogP contribution in [0.25, 0.3) is 0 Å². The normalized spacial score (nSPS) is 28.7. The van der Waals surface area contributed by atoms with Crippen molar-refractivity contribution in [3.8, 4) is 5.75 Å². The molecule has 6 rings (SSSR count). The molecule has 5 heteroatoms. The van der Waals surface area contributed by atoms with Crippen molar-refractivity contribution in [3.05, 3.63) is 65.7 Å². The third kappa shape index (κ3) is 4.22. The first-order valence-electron chi connectivity index (χ1n) is 11.0. The zero-order chi connectivity index (χ0) is 20.6. The number of nitrogens with one attached hydrogen (secondary N) is 2. The second-order valence-corrected chi connectivity index (χ2v) is 9.81. The first kappa shape index (κ1) is 19.6. The molecule has 156 valence electrons. The Kier molecular flexibility index (Phi) is 5.23. The molecule has 0 heterocycles. The lowest BCUT2D eigenvalue weighted by Gasteiger charge is -2.57. The second kappa shape index (κ2) is 8.03. The maximum atomic E-state index is 12.7. The van der Waals surface area contributed by atoms with E-state index < -0.39 is 0 Å². The Morgan fingerprint density at radius 3 is 2.13 bits per heavy atom. The van der Waals surface area contributed by atoms with E-state index >= 15 is 0 Å². The van der Waals surface area contributed by atoms with Crippen molar-refractivity contribution in [3.63, 3.8) is 0 Å². The predicted molar refractivity (Wildman–Crippen MR) is 121 cm³/mol. The fraction of sp³-hybridized carbons (Fsp3) is 0.440. The van der Waals surface area contributed by atoms with Gasteiger partial charge in [-0.15, -0.1) is 0 Å². The highest BCUT2D eigenvalue weighted by Crippen LogP contribution is 2.55. The average molecular weight is 421 g/mol. The standard InChI is InChI=1S/C25H28N2O2S/c28-23(21-6-8-22(9-7-21)29-16-17-4-2-1-3-5-17)26-24(30)27-25-13-18-10-19(14-25)12-20(11-18)15-25/h1-9,18-20H,10-16H2,(H2,26,27,28,30). The molecule has 2 aromatic rings. The van der Waals surface area contributed by atoms with Crippen LogP contribution in [0.15, 0.2) is 54.6 Å². The van der Waals surface area contributed by atoms with Crippen LogP contribution < -0.4 is 15.4 Å². The highest BCUT2D eigenvalue weighted by molar-refractivity contribution is 7.80. The Morgan fingerprint density at radius 2 is 1.53 bits per heavy atom. The van der Waals surface area contributed by atoms with Gasteiger partial charge in [-0.25, -0.2) is 0 Å². The fourth-order valence-corrected chi connectivity index (χ4v) is 6.46. The third-order valence-corrected chi connectivity index (χ3v) is 7.21. The molecule has 0 radical (unpaired) electrons. The van der Waals surface area contributed by atoms with E-state index in [-0.39, 0.29) is 11.4 Å². The van der Waals surface area contributed by atoms with Crippen molar-refractivity contribution < 1.29 is 9.53 Å². The largest absolute Gasteiger partial charge is 0.489 e. The van der Waals surface area contributed by atoms with Gasteiger partial charge in [0.15, 0.2) is 5.11 Å². The molecule has 2 N–H and O–H groups in total. The number of benzene rings is 2. The van der Waals surface area contributed by atoms with Crippen molar-refractivity contribution in [1.82, 2.24) is 10.6 Å². The summed E-state index contributed by atoms with van der Waals surface area (Å²) in [6, 6.07) is 17.2. The summed E-state index contributed by atoms with van der Waals surface area (Å²) in [4.78, 5) is 12.7. The first-order valence-corrected chi connectivity index (χ1v) is 11.4. The number of rotatable bonds is 5. The molecule has 2 aromatic carbocycles. The number of hydrogen-bond donors (Lipinski definition) is 2. The number of thiocarbonyl (C=S) groups is 1. The van der Waals surface area contributed by atoms with Crippen LogP contribution in [0.2, 0.25) is 0 Å². The van der Waals surface area contributed by atoms with Crippen LogP contribution in [0.3, 0.4) is 0 Å². The van der Waals surface area contributed by atoms with E-state index in [0.717, 1.165) is 29.1 Å². The summed E-state index contributed by atoms with van der Waals surface area (Å²) in [5, 5.41) is 6.90. The van der Waals surface area contributed by atoms with Gasteiger partial charge in [0.1, 0.15) is 12.4 Å². The molecule has 4 saturated carbocycles. The van der Waals surface area contributed by atoms with Gasteiger partial charge in [0, 0.05) is 11.1 Å². The third-order valence-electron chi connectivity index (χ3n) is 7.01. The molecule has 0 aliphatic heterocycles. The lowest BCUT2D eigenvalue weighted by molar-refractivity contribution is -0.0101. The van der Waals surface area contributed by atoms with Crippen molar-refractivity contribution in [2.45, 2.75) is 50.7 Å². The lowest BCUT2D eigenvalue weighted by atomic mass is 9.53. The topological polar surface area (TPSA) is 50.4 Å². The van der Waals surface area contributed by atoms with E-state index in [4.69, 9.17) is 17.0 Å². The number of hydrogen-bond acceptors (Lipinski definition) is 3. The molecule has 0 spiro atoms. The molecule has 0 unspecified atom stereocenters. The predicted octanol–water partition coefficient (Wildman–Crippen LogP) is 4.84. The Bertz CT molecular complexity index is 891. The quantitative estimate of drug-likeness (QED) is 0.680. The van der Waals surface area contributed by atoms with Gasteiger partial charge in [0.05, 0.1) is 0 Å². The summed E-state index contributed by atoms with van der Waals surface area (Å²) >= 11 is 5.52. The molecule has 4 aliphatic carbocycles. The summed E-state index contributed by atoms with van der Waals surface area (Å²) in [6.45, 7) is 0.505. The zero-order valence-corrected chi connectivity index (χ0v) is 17.9. The van der Waals surface area contributed by atoms with Gasteiger partial charge in [-0.1, -0.05) is 30.3 Å². The maximum absolute atomic E-state index is 12.7. The molecule has 0 saturated heterocycles. The van der Waals surface area contributed by atoms with Crippen LogP contribution in [-0.2, 0) is 6.61 Å². The Hall–Kier alpha value is -2.40. The van der Waals surface area contributed by atoms with E-state index in [0.29, 0.717) is 17.3 Å². The van der Waals surface area contributed by atoms with Crippen LogP contribution in [0.5, 0.6) is 5.75 Å². The Morgan fingerprint density at radius 1 is 0.933 bits per heavy atom. The van der Waals surface area contributed by atoms with Crippen molar-refractivity contribution in [1.29, 1.82) is 0 Å². The Labute approximate surface area is 183 Å². The Balaban J connectivity index is 1.15.